The van der Waals surface area contributed by atoms with Gasteiger partial charge in [-0.15, -0.1) is 0 Å². The number of carbonyl (C=O) groups excluding carboxylic acids is 1. The second-order valence-electron chi connectivity index (χ2n) is 6.50. The number of hydrogen-bond acceptors (Lipinski definition) is 4. The molecule has 1 aromatic rings. The molecule has 2 fully saturated rings. The lowest BCUT2D eigenvalue weighted by Gasteiger charge is -2.52. The van der Waals surface area contributed by atoms with E-state index < -0.39 is 0 Å². The Morgan fingerprint density at radius 3 is 2.59 bits per heavy atom. The normalized spacial score (nSPS) is 21.4. The number of amides is 1. The molecule has 2 saturated heterocycles. The average Bonchev–Trinajstić information content (AvgIpc) is 3.00. The highest BCUT2D eigenvalue weighted by atomic mass is 16.5. The molecule has 0 atom stereocenters. The predicted molar refractivity (Wildman–Crippen MR) is 83.5 cm³/mol. The molecule has 3 rings (SSSR count). The molecule has 5 heteroatoms. The third-order valence-electron chi connectivity index (χ3n) is 5.06. The van der Waals surface area contributed by atoms with Gasteiger partial charge in [-0.1, -0.05) is 6.92 Å². The van der Waals surface area contributed by atoms with Crippen molar-refractivity contribution >= 4 is 5.91 Å². The summed E-state index contributed by atoms with van der Waals surface area (Å²) in [6.07, 6.45) is 2.88. The molecule has 22 heavy (non-hydrogen) atoms. The van der Waals surface area contributed by atoms with Gasteiger partial charge >= 0.3 is 0 Å². The van der Waals surface area contributed by atoms with Crippen LogP contribution in [-0.2, 0) is 22.5 Å². The van der Waals surface area contributed by atoms with Gasteiger partial charge in [-0.2, -0.15) is 0 Å². The van der Waals surface area contributed by atoms with Gasteiger partial charge in [0.15, 0.2) is 0 Å². The van der Waals surface area contributed by atoms with Crippen LogP contribution in [0.15, 0.2) is 16.5 Å². The zero-order valence-electron chi connectivity index (χ0n) is 13.6. The Kier molecular flexibility index (Phi) is 4.54. The molecular formula is C17H26N2O3. The van der Waals surface area contributed by atoms with Crippen LogP contribution in [0.5, 0.6) is 0 Å². The van der Waals surface area contributed by atoms with Crippen molar-refractivity contribution in [2.24, 2.45) is 5.41 Å². The summed E-state index contributed by atoms with van der Waals surface area (Å²) in [5.41, 5.74) is -0.0814. The van der Waals surface area contributed by atoms with Crippen molar-refractivity contribution in [3.63, 3.8) is 0 Å². The lowest BCUT2D eigenvalue weighted by atomic mass is 9.71. The third-order valence-corrected chi connectivity index (χ3v) is 5.06. The molecule has 2 aliphatic rings. The van der Waals surface area contributed by atoms with E-state index in [0.29, 0.717) is 12.5 Å². The van der Waals surface area contributed by atoms with Crippen molar-refractivity contribution in [3.8, 4) is 0 Å². The van der Waals surface area contributed by atoms with Crippen molar-refractivity contribution in [1.29, 1.82) is 0 Å². The van der Waals surface area contributed by atoms with E-state index >= 15 is 0 Å². The molecule has 0 N–H and O–H groups in total. The fourth-order valence-electron chi connectivity index (χ4n) is 3.56. The summed E-state index contributed by atoms with van der Waals surface area (Å²) in [5.74, 6) is 2.41. The van der Waals surface area contributed by atoms with Gasteiger partial charge in [0, 0.05) is 26.6 Å². The Labute approximate surface area is 132 Å². The highest BCUT2D eigenvalue weighted by Crippen LogP contribution is 2.41. The first-order valence-electron chi connectivity index (χ1n) is 8.25. The van der Waals surface area contributed by atoms with Crippen LogP contribution in [0.25, 0.3) is 0 Å². The molecule has 5 nitrogen and oxygen atoms in total. The van der Waals surface area contributed by atoms with Crippen molar-refractivity contribution in [2.75, 3.05) is 39.9 Å². The predicted octanol–water partition coefficient (Wildman–Crippen LogP) is 1.91. The van der Waals surface area contributed by atoms with Crippen LogP contribution in [-0.4, -0.2) is 55.6 Å². The number of rotatable bonds is 6. The van der Waals surface area contributed by atoms with E-state index in [-0.39, 0.29) is 5.41 Å². The fraction of sp³-hybridized carbons (Fsp3) is 0.706. The Morgan fingerprint density at radius 1 is 1.27 bits per heavy atom. The van der Waals surface area contributed by atoms with Gasteiger partial charge in [0.05, 0.1) is 18.6 Å². The SMILES string of the molecule is CCc1ccc(CN2CCC3(CC2)CN(CCOC)C3=O)o1. The van der Waals surface area contributed by atoms with Crippen molar-refractivity contribution < 1.29 is 13.9 Å². The summed E-state index contributed by atoms with van der Waals surface area (Å²) >= 11 is 0. The summed E-state index contributed by atoms with van der Waals surface area (Å²) in [7, 11) is 1.68. The summed E-state index contributed by atoms with van der Waals surface area (Å²) in [5, 5.41) is 0. The molecule has 1 aromatic heterocycles. The summed E-state index contributed by atoms with van der Waals surface area (Å²) in [4.78, 5) is 16.7. The lowest BCUT2D eigenvalue weighted by Crippen LogP contribution is -2.64. The van der Waals surface area contributed by atoms with Crippen LogP contribution in [0.4, 0.5) is 0 Å². The van der Waals surface area contributed by atoms with Crippen molar-refractivity contribution in [2.45, 2.75) is 32.7 Å². The molecule has 2 aliphatic heterocycles. The molecule has 1 amide bonds. The second-order valence-corrected chi connectivity index (χ2v) is 6.50. The number of carbonyl (C=O) groups is 1. The quantitative estimate of drug-likeness (QED) is 0.753. The molecule has 0 saturated carbocycles. The van der Waals surface area contributed by atoms with Crippen LogP contribution >= 0.6 is 0 Å². The monoisotopic (exact) mass is 306 g/mol. The first-order chi connectivity index (χ1) is 10.7. The van der Waals surface area contributed by atoms with E-state index in [0.717, 1.165) is 63.5 Å². The van der Waals surface area contributed by atoms with E-state index in [1.54, 1.807) is 7.11 Å². The van der Waals surface area contributed by atoms with Crippen LogP contribution in [0.2, 0.25) is 0 Å². The Balaban J connectivity index is 1.48. The summed E-state index contributed by atoms with van der Waals surface area (Å²) in [6, 6.07) is 4.13. The molecule has 122 valence electrons. The largest absolute Gasteiger partial charge is 0.465 e. The van der Waals surface area contributed by atoms with Crippen LogP contribution in [0.1, 0.15) is 31.3 Å². The number of likely N-dealkylation sites (tertiary alicyclic amines) is 2. The highest BCUT2D eigenvalue weighted by molar-refractivity contribution is 5.89. The van der Waals surface area contributed by atoms with E-state index in [1.165, 1.54) is 0 Å². The topological polar surface area (TPSA) is 45.9 Å². The first-order valence-corrected chi connectivity index (χ1v) is 8.25. The smallest absolute Gasteiger partial charge is 0.230 e. The van der Waals surface area contributed by atoms with Gasteiger partial charge in [0.25, 0.3) is 0 Å². The van der Waals surface area contributed by atoms with E-state index in [9.17, 15) is 4.79 Å². The van der Waals surface area contributed by atoms with Gasteiger partial charge in [-0.25, -0.2) is 0 Å². The number of furan rings is 1. The van der Waals surface area contributed by atoms with Crippen LogP contribution in [0, 0.1) is 5.41 Å². The maximum absolute atomic E-state index is 12.4. The van der Waals surface area contributed by atoms with Crippen LogP contribution < -0.4 is 0 Å². The minimum Gasteiger partial charge on any atom is -0.465 e. The number of nitrogens with zero attached hydrogens (tertiary/aromatic N) is 2. The Hall–Kier alpha value is -1.33. The van der Waals surface area contributed by atoms with E-state index in [4.69, 9.17) is 9.15 Å². The zero-order valence-corrected chi connectivity index (χ0v) is 13.6. The van der Waals surface area contributed by atoms with Crippen molar-refractivity contribution in [1.82, 2.24) is 9.80 Å². The number of aryl methyl sites for hydroxylation is 1. The average molecular weight is 306 g/mol. The van der Waals surface area contributed by atoms with Gasteiger partial charge in [-0.05, 0) is 38.1 Å². The van der Waals surface area contributed by atoms with E-state index in [1.807, 2.05) is 4.90 Å². The van der Waals surface area contributed by atoms with Gasteiger partial charge in [0.2, 0.25) is 5.91 Å². The summed E-state index contributed by atoms with van der Waals surface area (Å²) in [6.45, 7) is 7.18. The number of β-lactam (4-membered cyclic amide) rings is 1. The van der Waals surface area contributed by atoms with Crippen molar-refractivity contribution in [3.05, 3.63) is 23.7 Å². The third kappa shape index (κ3) is 2.92. The maximum Gasteiger partial charge on any atom is 0.230 e. The molecule has 0 bridgehead atoms. The molecule has 0 aromatic carbocycles. The Bertz CT molecular complexity index is 518. The van der Waals surface area contributed by atoms with Gasteiger partial charge < -0.3 is 14.1 Å². The Morgan fingerprint density at radius 2 is 2.00 bits per heavy atom. The molecule has 0 radical (unpaired) electrons. The summed E-state index contributed by atoms with van der Waals surface area (Å²) < 4.78 is 10.8. The second kappa shape index (κ2) is 6.42. The molecule has 1 spiro atoms. The molecule has 0 unspecified atom stereocenters. The van der Waals surface area contributed by atoms with Gasteiger partial charge in [-0.3, -0.25) is 9.69 Å². The van der Waals surface area contributed by atoms with Gasteiger partial charge in [0.1, 0.15) is 11.5 Å². The van der Waals surface area contributed by atoms with Crippen LogP contribution in [0.3, 0.4) is 0 Å². The molecular weight excluding hydrogens is 280 g/mol. The first kappa shape index (κ1) is 15.6. The van der Waals surface area contributed by atoms with E-state index in [2.05, 4.69) is 24.0 Å². The minimum atomic E-state index is -0.0814. The maximum atomic E-state index is 12.4. The number of hydrogen-bond donors (Lipinski definition) is 0. The zero-order chi connectivity index (χ0) is 15.6. The lowest BCUT2D eigenvalue weighted by molar-refractivity contribution is -0.166. The number of ether oxygens (including phenoxy) is 1. The number of methoxy groups -OCH3 is 1. The number of piperidine rings is 1. The minimum absolute atomic E-state index is 0.0814. The highest BCUT2D eigenvalue weighted by Gasteiger charge is 2.52. The molecule has 3 heterocycles. The fourth-order valence-corrected chi connectivity index (χ4v) is 3.56. The molecule has 0 aliphatic carbocycles. The standard InChI is InChI=1S/C17H26N2O3/c1-3-14-4-5-15(22-14)12-18-8-6-17(7-9-18)13-19(16(17)20)10-11-21-2/h4-5H,3,6-13H2,1-2H3.